The number of methoxy groups -OCH3 is 1. The molecule has 0 amide bonds. The van der Waals surface area contributed by atoms with Gasteiger partial charge >= 0.3 is 0 Å². The standard InChI is InChI=1S/C13H17NO2S/c1-13(2,3)17(15)9-10-5-6-12(16-4)11(7-10)8-14/h5-7H,9H2,1-4H3. The molecule has 0 aromatic heterocycles. The van der Waals surface area contributed by atoms with E-state index in [1.54, 1.807) is 12.1 Å². The summed E-state index contributed by atoms with van der Waals surface area (Å²) < 4.78 is 16.8. The highest BCUT2D eigenvalue weighted by molar-refractivity contribution is 7.85. The lowest BCUT2D eigenvalue weighted by Crippen LogP contribution is -2.22. The van der Waals surface area contributed by atoms with Gasteiger partial charge in [0.05, 0.1) is 12.7 Å². The first-order chi connectivity index (χ1) is 7.88. The number of hydrogen-bond acceptors (Lipinski definition) is 3. The van der Waals surface area contributed by atoms with E-state index in [1.165, 1.54) is 7.11 Å². The SMILES string of the molecule is COc1ccc(CS(=O)C(C)(C)C)cc1C#N. The second kappa shape index (κ2) is 5.33. The minimum Gasteiger partial charge on any atom is -0.495 e. The Labute approximate surface area is 105 Å². The van der Waals surface area contributed by atoms with Crippen LogP contribution in [0.15, 0.2) is 18.2 Å². The maximum absolute atomic E-state index is 12.0. The van der Waals surface area contributed by atoms with Crippen LogP contribution in [0, 0.1) is 11.3 Å². The Hall–Kier alpha value is -1.34. The zero-order chi connectivity index (χ0) is 13.1. The molecule has 1 rings (SSSR count). The van der Waals surface area contributed by atoms with Crippen LogP contribution >= 0.6 is 0 Å². The van der Waals surface area contributed by atoms with E-state index in [0.29, 0.717) is 17.1 Å². The molecular formula is C13H17NO2S. The Kier molecular flexibility index (Phi) is 4.30. The molecule has 1 aromatic rings. The molecule has 4 heteroatoms. The summed E-state index contributed by atoms with van der Waals surface area (Å²) in [5.74, 6) is 1.01. The van der Waals surface area contributed by atoms with Crippen LogP contribution in [-0.2, 0) is 16.6 Å². The van der Waals surface area contributed by atoms with Gasteiger partial charge in [-0.3, -0.25) is 4.21 Å². The van der Waals surface area contributed by atoms with Crippen molar-refractivity contribution >= 4 is 10.8 Å². The van der Waals surface area contributed by atoms with Crippen molar-refractivity contribution in [3.8, 4) is 11.8 Å². The van der Waals surface area contributed by atoms with Crippen molar-refractivity contribution in [3.63, 3.8) is 0 Å². The molecule has 0 aliphatic rings. The number of nitriles is 1. The maximum Gasteiger partial charge on any atom is 0.136 e. The average Bonchev–Trinajstić information content (AvgIpc) is 2.27. The van der Waals surface area contributed by atoms with Gasteiger partial charge in [0.1, 0.15) is 11.8 Å². The molecule has 0 fully saturated rings. The number of ether oxygens (including phenoxy) is 1. The summed E-state index contributed by atoms with van der Waals surface area (Å²) in [4.78, 5) is 0. The van der Waals surface area contributed by atoms with Crippen molar-refractivity contribution in [2.75, 3.05) is 7.11 Å². The third-order valence-corrected chi connectivity index (χ3v) is 4.33. The number of nitrogens with zero attached hydrogens (tertiary/aromatic N) is 1. The van der Waals surface area contributed by atoms with E-state index in [0.717, 1.165) is 5.56 Å². The second-order valence-electron chi connectivity index (χ2n) is 4.75. The molecule has 1 atom stereocenters. The highest BCUT2D eigenvalue weighted by atomic mass is 32.2. The summed E-state index contributed by atoms with van der Waals surface area (Å²) >= 11 is 0. The van der Waals surface area contributed by atoms with Gasteiger partial charge in [0.2, 0.25) is 0 Å². The summed E-state index contributed by atoms with van der Waals surface area (Å²) in [6.07, 6.45) is 0. The van der Waals surface area contributed by atoms with Crippen molar-refractivity contribution in [1.29, 1.82) is 5.26 Å². The van der Waals surface area contributed by atoms with Crippen LogP contribution in [-0.4, -0.2) is 16.1 Å². The maximum atomic E-state index is 12.0. The molecule has 0 aliphatic heterocycles. The zero-order valence-corrected chi connectivity index (χ0v) is 11.4. The summed E-state index contributed by atoms with van der Waals surface area (Å²) in [5.41, 5.74) is 1.38. The highest BCUT2D eigenvalue weighted by Crippen LogP contribution is 2.22. The average molecular weight is 251 g/mol. The molecule has 0 bridgehead atoms. The van der Waals surface area contributed by atoms with Gasteiger partial charge in [0.15, 0.2) is 0 Å². The first kappa shape index (κ1) is 13.7. The zero-order valence-electron chi connectivity index (χ0n) is 10.6. The van der Waals surface area contributed by atoms with Crippen LogP contribution in [0.5, 0.6) is 5.75 Å². The van der Waals surface area contributed by atoms with Gasteiger partial charge in [-0.2, -0.15) is 5.26 Å². The largest absolute Gasteiger partial charge is 0.495 e. The van der Waals surface area contributed by atoms with Gasteiger partial charge < -0.3 is 4.74 Å². The van der Waals surface area contributed by atoms with Crippen molar-refractivity contribution in [1.82, 2.24) is 0 Å². The van der Waals surface area contributed by atoms with Gasteiger partial charge in [-0.25, -0.2) is 0 Å². The fourth-order valence-electron chi connectivity index (χ4n) is 1.30. The first-order valence-corrected chi connectivity index (χ1v) is 6.66. The minimum atomic E-state index is -0.957. The molecular weight excluding hydrogens is 234 g/mol. The van der Waals surface area contributed by atoms with E-state index >= 15 is 0 Å². The van der Waals surface area contributed by atoms with E-state index in [-0.39, 0.29) is 4.75 Å². The topological polar surface area (TPSA) is 50.1 Å². The van der Waals surface area contributed by atoms with Crippen LogP contribution in [0.25, 0.3) is 0 Å². The second-order valence-corrected chi connectivity index (χ2v) is 6.95. The summed E-state index contributed by atoms with van der Waals surface area (Å²) in [5, 5.41) is 8.96. The Bertz CT molecular complexity index is 469. The molecule has 3 nitrogen and oxygen atoms in total. The molecule has 0 saturated carbocycles. The van der Waals surface area contributed by atoms with E-state index in [2.05, 4.69) is 6.07 Å². The Morgan fingerprint density at radius 2 is 2.06 bits per heavy atom. The number of hydrogen-bond donors (Lipinski definition) is 0. The third-order valence-electron chi connectivity index (χ3n) is 2.37. The fraction of sp³-hybridized carbons (Fsp3) is 0.462. The quantitative estimate of drug-likeness (QED) is 0.829. The Morgan fingerprint density at radius 1 is 1.41 bits per heavy atom. The molecule has 0 radical (unpaired) electrons. The van der Waals surface area contributed by atoms with E-state index in [1.807, 2.05) is 26.8 Å². The summed E-state index contributed by atoms with van der Waals surface area (Å²) in [7, 11) is 0.574. The van der Waals surface area contributed by atoms with Gasteiger partial charge in [0, 0.05) is 21.3 Å². The van der Waals surface area contributed by atoms with Crippen LogP contribution < -0.4 is 4.74 Å². The molecule has 0 saturated heterocycles. The van der Waals surface area contributed by atoms with Crippen LogP contribution in [0.2, 0.25) is 0 Å². The monoisotopic (exact) mass is 251 g/mol. The number of rotatable bonds is 3. The molecule has 0 spiro atoms. The molecule has 0 aliphatic carbocycles. The van der Waals surface area contributed by atoms with E-state index in [9.17, 15) is 4.21 Å². The van der Waals surface area contributed by atoms with E-state index in [4.69, 9.17) is 10.00 Å². The first-order valence-electron chi connectivity index (χ1n) is 5.34. The lowest BCUT2D eigenvalue weighted by atomic mass is 10.1. The van der Waals surface area contributed by atoms with Crippen molar-refractivity contribution in [3.05, 3.63) is 29.3 Å². The lowest BCUT2D eigenvalue weighted by Gasteiger charge is -2.17. The lowest BCUT2D eigenvalue weighted by molar-refractivity contribution is 0.413. The van der Waals surface area contributed by atoms with Gasteiger partial charge in [-0.05, 0) is 38.5 Å². The molecule has 0 N–H and O–H groups in total. The normalized spacial score (nSPS) is 12.9. The van der Waals surface area contributed by atoms with Gasteiger partial charge in [0.25, 0.3) is 0 Å². The van der Waals surface area contributed by atoms with Gasteiger partial charge in [-0.1, -0.05) is 6.07 Å². The van der Waals surface area contributed by atoms with Crippen LogP contribution in [0.1, 0.15) is 31.9 Å². The van der Waals surface area contributed by atoms with Gasteiger partial charge in [-0.15, -0.1) is 0 Å². The van der Waals surface area contributed by atoms with Crippen molar-refractivity contribution in [2.45, 2.75) is 31.3 Å². The van der Waals surface area contributed by atoms with Crippen molar-refractivity contribution in [2.24, 2.45) is 0 Å². The fourth-order valence-corrected chi connectivity index (χ4v) is 2.22. The van der Waals surface area contributed by atoms with E-state index < -0.39 is 10.8 Å². The molecule has 1 unspecified atom stereocenters. The van der Waals surface area contributed by atoms with Crippen LogP contribution in [0.4, 0.5) is 0 Å². The molecule has 1 aromatic carbocycles. The highest BCUT2D eigenvalue weighted by Gasteiger charge is 2.19. The Balaban J connectivity index is 2.95. The van der Waals surface area contributed by atoms with Crippen LogP contribution in [0.3, 0.4) is 0 Å². The molecule has 92 valence electrons. The summed E-state index contributed by atoms with van der Waals surface area (Å²) in [6.45, 7) is 5.83. The molecule has 17 heavy (non-hydrogen) atoms. The predicted molar refractivity (Wildman–Crippen MR) is 69.3 cm³/mol. The molecule has 0 heterocycles. The predicted octanol–water partition coefficient (Wildman–Crippen LogP) is 2.61. The third kappa shape index (κ3) is 3.57. The summed E-state index contributed by atoms with van der Waals surface area (Å²) in [6, 6.07) is 7.41. The number of benzene rings is 1. The minimum absolute atomic E-state index is 0.243. The smallest absolute Gasteiger partial charge is 0.136 e. The Morgan fingerprint density at radius 3 is 2.53 bits per heavy atom. The van der Waals surface area contributed by atoms with Crippen molar-refractivity contribution < 1.29 is 8.95 Å².